The Morgan fingerprint density at radius 1 is 1.33 bits per heavy atom. The average Bonchev–Trinajstić information content (AvgIpc) is 2.67. The Bertz CT molecular complexity index is 307. The minimum atomic E-state index is 0.242. The first-order valence-corrected chi connectivity index (χ1v) is 5.68. The smallest absolute Gasteiger partial charge is 0.0471 e. The summed E-state index contributed by atoms with van der Waals surface area (Å²) >= 11 is 0. The van der Waals surface area contributed by atoms with Crippen molar-refractivity contribution in [3.8, 4) is 0 Å². The van der Waals surface area contributed by atoms with Crippen LogP contribution >= 0.6 is 0 Å². The highest BCUT2D eigenvalue weighted by Crippen LogP contribution is 2.26. The van der Waals surface area contributed by atoms with Crippen molar-refractivity contribution in [2.24, 2.45) is 0 Å². The molecule has 0 saturated carbocycles. The minimum absolute atomic E-state index is 0.242. The predicted octanol–water partition coefficient (Wildman–Crippen LogP) is 1.64. The Balaban J connectivity index is 2.03. The molecule has 2 rings (SSSR count). The van der Waals surface area contributed by atoms with E-state index >= 15 is 0 Å². The van der Waals surface area contributed by atoms with Gasteiger partial charge < -0.3 is 10.0 Å². The Labute approximate surface area is 91.5 Å². The molecule has 1 aliphatic rings. The van der Waals surface area contributed by atoms with Gasteiger partial charge in [0.1, 0.15) is 0 Å². The van der Waals surface area contributed by atoms with Crippen molar-refractivity contribution in [3.05, 3.63) is 35.4 Å². The molecule has 1 saturated heterocycles. The number of hydrogen-bond acceptors (Lipinski definition) is 2. The second-order valence-corrected chi connectivity index (χ2v) is 4.46. The zero-order chi connectivity index (χ0) is 10.7. The zero-order valence-corrected chi connectivity index (χ0v) is 9.32. The summed E-state index contributed by atoms with van der Waals surface area (Å²) in [7, 11) is 2.18. The fraction of sp³-hybridized carbons (Fsp3) is 0.538. The number of rotatable bonds is 3. The van der Waals surface area contributed by atoms with E-state index in [1.165, 1.54) is 30.6 Å². The molecule has 1 heterocycles. The number of hydrogen-bond donors (Lipinski definition) is 1. The maximum absolute atomic E-state index is 8.83. The molecule has 2 heteroatoms. The lowest BCUT2D eigenvalue weighted by Crippen LogP contribution is -2.13. The van der Waals surface area contributed by atoms with Crippen LogP contribution in [0.25, 0.3) is 0 Å². The van der Waals surface area contributed by atoms with Crippen molar-refractivity contribution in [3.63, 3.8) is 0 Å². The maximum Gasteiger partial charge on any atom is 0.0471 e. The van der Waals surface area contributed by atoms with Gasteiger partial charge in [0.25, 0.3) is 0 Å². The van der Waals surface area contributed by atoms with Crippen LogP contribution in [0.5, 0.6) is 0 Å². The van der Waals surface area contributed by atoms with Gasteiger partial charge in [-0.1, -0.05) is 24.3 Å². The van der Waals surface area contributed by atoms with Crippen LogP contribution in [0.2, 0.25) is 0 Å². The van der Waals surface area contributed by atoms with Crippen LogP contribution in [-0.2, 0) is 6.42 Å². The van der Waals surface area contributed by atoms with Crippen LogP contribution in [0.3, 0.4) is 0 Å². The van der Waals surface area contributed by atoms with Crippen molar-refractivity contribution in [2.45, 2.75) is 18.8 Å². The molecule has 0 aromatic heterocycles. The van der Waals surface area contributed by atoms with Crippen molar-refractivity contribution in [2.75, 3.05) is 26.7 Å². The van der Waals surface area contributed by atoms with Gasteiger partial charge in [0, 0.05) is 13.2 Å². The van der Waals surface area contributed by atoms with Crippen LogP contribution in [0.15, 0.2) is 24.3 Å². The second kappa shape index (κ2) is 4.77. The van der Waals surface area contributed by atoms with Crippen LogP contribution in [0, 0.1) is 0 Å². The van der Waals surface area contributed by atoms with Gasteiger partial charge in [0.2, 0.25) is 0 Å². The Kier molecular flexibility index (Phi) is 3.39. The van der Waals surface area contributed by atoms with Crippen molar-refractivity contribution >= 4 is 0 Å². The third-order valence-corrected chi connectivity index (χ3v) is 3.24. The molecule has 0 bridgehead atoms. The summed E-state index contributed by atoms with van der Waals surface area (Å²) in [5.74, 6) is 0.707. The molecule has 1 aromatic carbocycles. The Hall–Kier alpha value is -0.860. The molecule has 15 heavy (non-hydrogen) atoms. The van der Waals surface area contributed by atoms with Crippen LogP contribution < -0.4 is 0 Å². The monoisotopic (exact) mass is 205 g/mol. The maximum atomic E-state index is 8.83. The predicted molar refractivity (Wildman–Crippen MR) is 62.1 cm³/mol. The van der Waals surface area contributed by atoms with Gasteiger partial charge >= 0.3 is 0 Å². The average molecular weight is 205 g/mol. The first-order chi connectivity index (χ1) is 7.29. The van der Waals surface area contributed by atoms with E-state index < -0.39 is 0 Å². The highest BCUT2D eigenvalue weighted by Gasteiger charge is 2.20. The number of benzene rings is 1. The molecule has 1 N–H and O–H groups in total. The van der Waals surface area contributed by atoms with E-state index in [9.17, 15) is 0 Å². The third-order valence-electron chi connectivity index (χ3n) is 3.24. The molecule has 0 aliphatic carbocycles. The summed E-state index contributed by atoms with van der Waals surface area (Å²) in [4.78, 5) is 2.38. The summed E-state index contributed by atoms with van der Waals surface area (Å²) in [5.41, 5.74) is 2.67. The minimum Gasteiger partial charge on any atom is -0.396 e. The number of likely N-dealkylation sites (tertiary alicyclic amines) is 1. The van der Waals surface area contributed by atoms with Gasteiger partial charge in [0.15, 0.2) is 0 Å². The SMILES string of the molecule is CN1CCC(c2ccc(CCO)cc2)C1. The lowest BCUT2D eigenvalue weighted by atomic mass is 9.97. The van der Waals surface area contributed by atoms with Gasteiger partial charge in [-0.2, -0.15) is 0 Å². The van der Waals surface area contributed by atoms with Crippen molar-refractivity contribution in [1.82, 2.24) is 4.90 Å². The van der Waals surface area contributed by atoms with E-state index in [4.69, 9.17) is 5.11 Å². The second-order valence-electron chi connectivity index (χ2n) is 4.46. The van der Waals surface area contributed by atoms with E-state index in [0.717, 1.165) is 6.42 Å². The number of nitrogens with zero attached hydrogens (tertiary/aromatic N) is 1. The molecular formula is C13H19NO. The van der Waals surface area contributed by atoms with Crippen LogP contribution in [-0.4, -0.2) is 36.8 Å². The van der Waals surface area contributed by atoms with Gasteiger partial charge in [-0.05, 0) is 43.5 Å². The first-order valence-electron chi connectivity index (χ1n) is 5.68. The molecule has 0 spiro atoms. The molecule has 0 radical (unpaired) electrons. The van der Waals surface area contributed by atoms with E-state index in [1.807, 2.05) is 0 Å². The molecule has 1 fully saturated rings. The summed E-state index contributed by atoms with van der Waals surface area (Å²) in [6.45, 7) is 2.63. The van der Waals surface area contributed by atoms with Crippen molar-refractivity contribution in [1.29, 1.82) is 0 Å². The van der Waals surface area contributed by atoms with Crippen LogP contribution in [0.1, 0.15) is 23.5 Å². The van der Waals surface area contributed by atoms with E-state index in [-0.39, 0.29) is 6.61 Å². The molecule has 2 nitrogen and oxygen atoms in total. The van der Waals surface area contributed by atoms with Crippen LogP contribution in [0.4, 0.5) is 0 Å². The normalized spacial score (nSPS) is 22.1. The van der Waals surface area contributed by atoms with E-state index in [1.54, 1.807) is 0 Å². The number of likely N-dealkylation sites (N-methyl/N-ethyl adjacent to an activating group) is 1. The molecule has 1 aromatic rings. The first kappa shape index (κ1) is 10.7. The number of aliphatic hydroxyl groups is 1. The fourth-order valence-electron chi connectivity index (χ4n) is 2.29. The zero-order valence-electron chi connectivity index (χ0n) is 9.32. The van der Waals surface area contributed by atoms with Crippen molar-refractivity contribution < 1.29 is 5.11 Å². The largest absolute Gasteiger partial charge is 0.396 e. The molecule has 0 amide bonds. The molecule has 1 unspecified atom stereocenters. The Morgan fingerprint density at radius 2 is 2.07 bits per heavy atom. The topological polar surface area (TPSA) is 23.5 Å². The summed E-state index contributed by atoms with van der Waals surface area (Å²) in [6, 6.07) is 8.72. The summed E-state index contributed by atoms with van der Waals surface area (Å²) in [5, 5.41) is 8.83. The quantitative estimate of drug-likeness (QED) is 0.811. The summed E-state index contributed by atoms with van der Waals surface area (Å²) < 4.78 is 0. The van der Waals surface area contributed by atoms with Gasteiger partial charge in [-0.25, -0.2) is 0 Å². The van der Waals surface area contributed by atoms with E-state index in [2.05, 4.69) is 36.2 Å². The lowest BCUT2D eigenvalue weighted by Gasteiger charge is -2.11. The highest BCUT2D eigenvalue weighted by molar-refractivity contribution is 5.26. The fourth-order valence-corrected chi connectivity index (χ4v) is 2.29. The molecule has 1 atom stereocenters. The lowest BCUT2D eigenvalue weighted by molar-refractivity contribution is 0.299. The van der Waals surface area contributed by atoms with Gasteiger partial charge in [-0.3, -0.25) is 0 Å². The van der Waals surface area contributed by atoms with Gasteiger partial charge in [-0.15, -0.1) is 0 Å². The highest BCUT2D eigenvalue weighted by atomic mass is 16.2. The summed E-state index contributed by atoms with van der Waals surface area (Å²) in [6.07, 6.45) is 2.04. The molecule has 82 valence electrons. The standard InChI is InChI=1S/C13H19NO/c1-14-8-6-13(10-14)12-4-2-11(3-5-12)7-9-15/h2-5,13,15H,6-10H2,1H3. The molecule has 1 aliphatic heterocycles. The third kappa shape index (κ3) is 2.58. The molecular weight excluding hydrogens is 186 g/mol. The van der Waals surface area contributed by atoms with E-state index in [0.29, 0.717) is 5.92 Å². The number of aliphatic hydroxyl groups excluding tert-OH is 1. The van der Waals surface area contributed by atoms with Gasteiger partial charge in [0.05, 0.1) is 0 Å². The Morgan fingerprint density at radius 3 is 2.60 bits per heavy atom.